The highest BCUT2D eigenvalue weighted by molar-refractivity contribution is 5.93. The van der Waals surface area contributed by atoms with Crippen molar-refractivity contribution in [2.24, 2.45) is 0 Å². The second-order valence-corrected chi connectivity index (χ2v) is 6.74. The molecule has 0 bridgehead atoms. The van der Waals surface area contributed by atoms with Crippen LogP contribution in [0.4, 0.5) is 0 Å². The number of carbonyl (C=O) groups is 1. The quantitative estimate of drug-likeness (QED) is 0.337. The van der Waals surface area contributed by atoms with Crippen molar-refractivity contribution >= 4 is 5.91 Å². The molecule has 0 aliphatic rings. The molecule has 1 amide bonds. The van der Waals surface area contributed by atoms with Crippen LogP contribution in [0, 0.1) is 0 Å². The number of carbonyl (C=O) groups excluding carboxylic acids is 1. The molecule has 0 fully saturated rings. The molecule has 1 N–H and O–H groups in total. The SMILES string of the molecule is O=C(c1ccc(CCCCc2ccccc2)cc1)N(O)Cc1ccccc1. The molecule has 0 radical (unpaired) electrons. The molecule has 0 atom stereocenters. The van der Waals surface area contributed by atoms with Gasteiger partial charge in [-0.3, -0.25) is 10.0 Å². The van der Waals surface area contributed by atoms with E-state index in [1.54, 1.807) is 12.1 Å². The van der Waals surface area contributed by atoms with Crippen LogP contribution in [0.3, 0.4) is 0 Å². The zero-order valence-electron chi connectivity index (χ0n) is 15.4. The number of rotatable bonds is 8. The summed E-state index contributed by atoms with van der Waals surface area (Å²) in [7, 11) is 0. The van der Waals surface area contributed by atoms with Crippen LogP contribution in [0.1, 0.15) is 39.9 Å². The second-order valence-electron chi connectivity index (χ2n) is 6.74. The topological polar surface area (TPSA) is 40.5 Å². The predicted octanol–water partition coefficient (Wildman–Crippen LogP) is 5.28. The summed E-state index contributed by atoms with van der Waals surface area (Å²) in [4.78, 5) is 12.4. The number of aryl methyl sites for hydroxylation is 2. The van der Waals surface area contributed by atoms with Crippen molar-refractivity contribution in [3.05, 3.63) is 107 Å². The average molecular weight is 359 g/mol. The van der Waals surface area contributed by atoms with Gasteiger partial charge in [0.05, 0.1) is 6.54 Å². The Kier molecular flexibility index (Phi) is 6.78. The van der Waals surface area contributed by atoms with E-state index in [0.29, 0.717) is 5.56 Å². The Morgan fingerprint density at radius 1 is 0.667 bits per heavy atom. The summed E-state index contributed by atoms with van der Waals surface area (Å²) in [6.07, 6.45) is 4.35. The molecule has 0 heterocycles. The minimum absolute atomic E-state index is 0.181. The van der Waals surface area contributed by atoms with Gasteiger partial charge in [0.25, 0.3) is 5.91 Å². The van der Waals surface area contributed by atoms with Crippen molar-refractivity contribution in [2.75, 3.05) is 0 Å². The number of hydrogen-bond donors (Lipinski definition) is 1. The molecule has 3 rings (SSSR count). The summed E-state index contributed by atoms with van der Waals surface area (Å²) in [6, 6.07) is 27.5. The van der Waals surface area contributed by atoms with Crippen LogP contribution in [0.2, 0.25) is 0 Å². The molecule has 0 spiro atoms. The minimum Gasteiger partial charge on any atom is -0.285 e. The van der Waals surface area contributed by atoms with Crippen molar-refractivity contribution < 1.29 is 10.0 Å². The highest BCUT2D eigenvalue weighted by Crippen LogP contribution is 2.13. The fraction of sp³-hybridized carbons (Fsp3) is 0.208. The molecule has 0 aliphatic heterocycles. The fourth-order valence-corrected chi connectivity index (χ4v) is 3.09. The number of hydrogen-bond acceptors (Lipinski definition) is 2. The zero-order valence-corrected chi connectivity index (χ0v) is 15.4. The van der Waals surface area contributed by atoms with Gasteiger partial charge in [-0.05, 0) is 54.5 Å². The lowest BCUT2D eigenvalue weighted by molar-refractivity contribution is -0.0648. The van der Waals surface area contributed by atoms with E-state index in [1.807, 2.05) is 48.5 Å². The highest BCUT2D eigenvalue weighted by atomic mass is 16.5. The Hall–Kier alpha value is -2.91. The fourth-order valence-electron chi connectivity index (χ4n) is 3.09. The Bertz CT molecular complexity index is 829. The van der Waals surface area contributed by atoms with Crippen LogP contribution in [-0.2, 0) is 19.4 Å². The van der Waals surface area contributed by atoms with Crippen LogP contribution in [0.15, 0.2) is 84.9 Å². The Morgan fingerprint density at radius 2 is 1.15 bits per heavy atom. The maximum atomic E-state index is 12.4. The van der Waals surface area contributed by atoms with Gasteiger partial charge in [0.15, 0.2) is 0 Å². The average Bonchev–Trinajstić information content (AvgIpc) is 2.72. The Labute approximate surface area is 160 Å². The summed E-state index contributed by atoms with van der Waals surface area (Å²) in [5.74, 6) is -0.380. The maximum Gasteiger partial charge on any atom is 0.277 e. The van der Waals surface area contributed by atoms with Gasteiger partial charge in [-0.25, -0.2) is 5.06 Å². The van der Waals surface area contributed by atoms with Crippen molar-refractivity contribution in [1.82, 2.24) is 5.06 Å². The van der Waals surface area contributed by atoms with E-state index in [4.69, 9.17) is 0 Å². The molecule has 0 aromatic heterocycles. The third-order valence-electron chi connectivity index (χ3n) is 4.63. The molecule has 3 nitrogen and oxygen atoms in total. The molecular formula is C24H25NO2. The van der Waals surface area contributed by atoms with Crippen LogP contribution in [0.25, 0.3) is 0 Å². The van der Waals surface area contributed by atoms with Gasteiger partial charge in [-0.2, -0.15) is 0 Å². The zero-order chi connectivity index (χ0) is 18.9. The number of benzene rings is 3. The van der Waals surface area contributed by atoms with E-state index in [2.05, 4.69) is 24.3 Å². The molecule has 0 saturated heterocycles. The van der Waals surface area contributed by atoms with Crippen molar-refractivity contribution in [3.63, 3.8) is 0 Å². The summed E-state index contributed by atoms with van der Waals surface area (Å²) >= 11 is 0. The lowest BCUT2D eigenvalue weighted by Crippen LogP contribution is -2.26. The van der Waals surface area contributed by atoms with E-state index in [1.165, 1.54) is 11.1 Å². The first kappa shape index (κ1) is 18.9. The van der Waals surface area contributed by atoms with Crippen LogP contribution in [0.5, 0.6) is 0 Å². The largest absolute Gasteiger partial charge is 0.285 e. The number of nitrogens with zero attached hydrogens (tertiary/aromatic N) is 1. The van der Waals surface area contributed by atoms with Gasteiger partial charge in [0.2, 0.25) is 0 Å². The smallest absolute Gasteiger partial charge is 0.277 e. The lowest BCUT2D eigenvalue weighted by atomic mass is 10.0. The van der Waals surface area contributed by atoms with E-state index in [-0.39, 0.29) is 12.5 Å². The van der Waals surface area contributed by atoms with E-state index < -0.39 is 0 Å². The van der Waals surface area contributed by atoms with Gasteiger partial charge in [-0.15, -0.1) is 0 Å². The molecule has 0 unspecified atom stereocenters. The molecule has 0 saturated carbocycles. The summed E-state index contributed by atoms with van der Waals surface area (Å²) in [5, 5.41) is 10.8. The maximum absolute atomic E-state index is 12.4. The normalized spacial score (nSPS) is 10.6. The minimum atomic E-state index is -0.380. The standard InChI is InChI=1S/C24H25NO2/c26-24(25(27)19-22-13-5-2-6-14-22)23-17-15-21(16-18-23)12-8-7-11-20-9-3-1-4-10-20/h1-6,9-10,13-18,27H,7-8,11-12,19H2. The number of amides is 1. The van der Waals surface area contributed by atoms with Gasteiger partial charge >= 0.3 is 0 Å². The number of hydroxylamine groups is 2. The molecule has 3 heteroatoms. The molecule has 27 heavy (non-hydrogen) atoms. The first-order valence-corrected chi connectivity index (χ1v) is 9.40. The lowest BCUT2D eigenvalue weighted by Gasteiger charge is -2.15. The molecule has 3 aromatic rings. The Morgan fingerprint density at radius 3 is 1.70 bits per heavy atom. The number of unbranched alkanes of at least 4 members (excludes halogenated alkanes) is 1. The van der Waals surface area contributed by atoms with Gasteiger partial charge < -0.3 is 0 Å². The highest BCUT2D eigenvalue weighted by Gasteiger charge is 2.13. The van der Waals surface area contributed by atoms with E-state index in [0.717, 1.165) is 36.3 Å². The van der Waals surface area contributed by atoms with Crippen LogP contribution < -0.4 is 0 Å². The van der Waals surface area contributed by atoms with E-state index in [9.17, 15) is 10.0 Å². The summed E-state index contributed by atoms with van der Waals surface area (Å²) in [5.41, 5.74) is 3.98. The van der Waals surface area contributed by atoms with Crippen molar-refractivity contribution in [1.29, 1.82) is 0 Å². The third kappa shape index (κ3) is 5.80. The first-order valence-electron chi connectivity index (χ1n) is 9.40. The van der Waals surface area contributed by atoms with Gasteiger partial charge in [0.1, 0.15) is 0 Å². The van der Waals surface area contributed by atoms with Crippen molar-refractivity contribution in [3.8, 4) is 0 Å². The predicted molar refractivity (Wildman–Crippen MR) is 108 cm³/mol. The first-order chi connectivity index (χ1) is 13.2. The third-order valence-corrected chi connectivity index (χ3v) is 4.63. The molecular weight excluding hydrogens is 334 g/mol. The van der Waals surface area contributed by atoms with Crippen molar-refractivity contribution in [2.45, 2.75) is 32.2 Å². The Balaban J connectivity index is 1.47. The van der Waals surface area contributed by atoms with Gasteiger partial charge in [0, 0.05) is 5.56 Å². The van der Waals surface area contributed by atoms with E-state index >= 15 is 0 Å². The van der Waals surface area contributed by atoms with Crippen LogP contribution in [-0.4, -0.2) is 16.2 Å². The monoisotopic (exact) mass is 359 g/mol. The summed E-state index contributed by atoms with van der Waals surface area (Å²) in [6.45, 7) is 0.181. The van der Waals surface area contributed by atoms with Crippen LogP contribution >= 0.6 is 0 Å². The molecule has 0 aliphatic carbocycles. The summed E-state index contributed by atoms with van der Waals surface area (Å²) < 4.78 is 0. The molecule has 3 aromatic carbocycles. The van der Waals surface area contributed by atoms with Gasteiger partial charge in [-0.1, -0.05) is 72.8 Å². The molecule has 138 valence electrons. The second kappa shape index (κ2) is 9.70.